The van der Waals surface area contributed by atoms with Crippen molar-refractivity contribution >= 4 is 38.9 Å². The van der Waals surface area contributed by atoms with Crippen molar-refractivity contribution < 1.29 is 9.31 Å². The third-order valence-corrected chi connectivity index (χ3v) is 3.50. The molecule has 0 spiro atoms. The molecule has 0 aliphatic carbocycles. The van der Waals surface area contributed by atoms with Gasteiger partial charge in [-0.3, -0.25) is 10.1 Å². The first-order valence-corrected chi connectivity index (χ1v) is 6.76. The smallest absolute Gasteiger partial charge is 0.269 e. The Morgan fingerprint density at radius 2 is 2.05 bits per heavy atom. The van der Waals surface area contributed by atoms with Crippen LogP contribution in [0.1, 0.15) is 5.56 Å². The lowest BCUT2D eigenvalue weighted by Gasteiger charge is -2.09. The second kappa shape index (κ2) is 6.19. The normalized spacial score (nSPS) is 10.3. The molecular weight excluding hydrogens is 351 g/mol. The molecule has 0 fully saturated rings. The monoisotopic (exact) mass is 358 g/mol. The largest absolute Gasteiger partial charge is 0.379 e. The average molecular weight is 360 g/mol. The van der Waals surface area contributed by atoms with E-state index in [2.05, 4.69) is 21.2 Å². The van der Waals surface area contributed by atoms with Gasteiger partial charge in [0.05, 0.1) is 10.6 Å². The standard InChI is InChI=1S/C13H9BrClFN2O2/c14-9-1-4-12(16)13(6-9)17-7-8-5-10(18(19)20)2-3-11(8)15/h1-6,17H,7H2. The Morgan fingerprint density at radius 1 is 1.30 bits per heavy atom. The van der Waals surface area contributed by atoms with E-state index in [-0.39, 0.29) is 12.2 Å². The third kappa shape index (κ3) is 3.46. The lowest BCUT2D eigenvalue weighted by molar-refractivity contribution is -0.384. The lowest BCUT2D eigenvalue weighted by Crippen LogP contribution is -2.03. The van der Waals surface area contributed by atoms with Gasteiger partial charge in [-0.2, -0.15) is 0 Å². The molecule has 2 aromatic carbocycles. The van der Waals surface area contributed by atoms with E-state index in [0.717, 1.165) is 4.47 Å². The molecule has 0 radical (unpaired) electrons. The Kier molecular flexibility index (Phi) is 4.57. The molecule has 0 saturated heterocycles. The van der Waals surface area contributed by atoms with Gasteiger partial charge >= 0.3 is 0 Å². The summed E-state index contributed by atoms with van der Waals surface area (Å²) in [6.07, 6.45) is 0. The molecule has 0 unspecified atom stereocenters. The van der Waals surface area contributed by atoms with Gasteiger partial charge in [0, 0.05) is 28.2 Å². The fourth-order valence-electron chi connectivity index (χ4n) is 1.63. The van der Waals surface area contributed by atoms with E-state index < -0.39 is 10.7 Å². The molecule has 20 heavy (non-hydrogen) atoms. The minimum atomic E-state index is -0.500. The molecule has 2 rings (SSSR count). The Bertz CT molecular complexity index is 667. The highest BCUT2D eigenvalue weighted by Gasteiger charge is 2.10. The summed E-state index contributed by atoms with van der Waals surface area (Å²) in [6, 6.07) is 8.63. The molecule has 0 saturated carbocycles. The van der Waals surface area contributed by atoms with Gasteiger partial charge in [0.25, 0.3) is 5.69 Å². The molecule has 0 heterocycles. The first-order valence-electron chi connectivity index (χ1n) is 5.59. The van der Waals surface area contributed by atoms with Crippen LogP contribution in [0.5, 0.6) is 0 Å². The van der Waals surface area contributed by atoms with Crippen LogP contribution in [0.25, 0.3) is 0 Å². The molecule has 0 bridgehead atoms. The van der Waals surface area contributed by atoms with E-state index in [1.807, 2.05) is 0 Å². The van der Waals surface area contributed by atoms with E-state index >= 15 is 0 Å². The summed E-state index contributed by atoms with van der Waals surface area (Å²) in [6.45, 7) is 0.188. The van der Waals surface area contributed by atoms with E-state index in [1.165, 1.54) is 24.3 Å². The number of halogens is 3. The second-order valence-corrected chi connectivity index (χ2v) is 5.33. The summed E-state index contributed by atoms with van der Waals surface area (Å²) in [5, 5.41) is 14.0. The summed E-state index contributed by atoms with van der Waals surface area (Å²) in [5.74, 6) is -0.408. The summed E-state index contributed by atoms with van der Waals surface area (Å²) < 4.78 is 14.3. The summed E-state index contributed by atoms with van der Waals surface area (Å²) >= 11 is 9.22. The van der Waals surface area contributed by atoms with Crippen molar-refractivity contribution in [1.82, 2.24) is 0 Å². The highest BCUT2D eigenvalue weighted by molar-refractivity contribution is 9.10. The number of hydrogen-bond donors (Lipinski definition) is 1. The average Bonchev–Trinajstić information content (AvgIpc) is 2.41. The minimum Gasteiger partial charge on any atom is -0.379 e. The second-order valence-electron chi connectivity index (χ2n) is 4.01. The Labute approximate surface area is 127 Å². The van der Waals surface area contributed by atoms with Gasteiger partial charge in [0.15, 0.2) is 0 Å². The van der Waals surface area contributed by atoms with Gasteiger partial charge in [-0.25, -0.2) is 4.39 Å². The van der Waals surface area contributed by atoms with Gasteiger partial charge < -0.3 is 5.32 Å². The van der Waals surface area contributed by atoms with Crippen molar-refractivity contribution in [3.8, 4) is 0 Å². The van der Waals surface area contributed by atoms with Crippen LogP contribution in [0.15, 0.2) is 40.9 Å². The van der Waals surface area contributed by atoms with Crippen LogP contribution < -0.4 is 5.32 Å². The zero-order valence-electron chi connectivity index (χ0n) is 10.1. The number of nitrogens with one attached hydrogen (secondary N) is 1. The molecule has 4 nitrogen and oxygen atoms in total. The zero-order chi connectivity index (χ0) is 14.7. The number of hydrogen-bond acceptors (Lipinski definition) is 3. The molecule has 0 amide bonds. The van der Waals surface area contributed by atoms with Crippen LogP contribution in [0.4, 0.5) is 15.8 Å². The van der Waals surface area contributed by atoms with Crippen LogP contribution >= 0.6 is 27.5 Å². The molecular formula is C13H9BrClFN2O2. The van der Waals surface area contributed by atoms with Crippen molar-refractivity contribution in [1.29, 1.82) is 0 Å². The van der Waals surface area contributed by atoms with Gasteiger partial charge in [-0.15, -0.1) is 0 Å². The predicted octanol–water partition coefficient (Wildman–Crippen LogP) is 4.76. The summed E-state index contributed by atoms with van der Waals surface area (Å²) in [7, 11) is 0. The number of nitro benzene ring substituents is 1. The van der Waals surface area contributed by atoms with Crippen molar-refractivity contribution in [3.05, 3.63) is 67.4 Å². The Hall–Kier alpha value is -1.66. The molecule has 104 valence electrons. The fourth-order valence-corrected chi connectivity index (χ4v) is 2.18. The van der Waals surface area contributed by atoms with Crippen molar-refractivity contribution in [2.45, 2.75) is 6.54 Å². The number of anilines is 1. The fraction of sp³-hybridized carbons (Fsp3) is 0.0769. The van der Waals surface area contributed by atoms with Crippen LogP contribution in [-0.4, -0.2) is 4.92 Å². The first kappa shape index (κ1) is 14.7. The Morgan fingerprint density at radius 3 is 2.75 bits per heavy atom. The van der Waals surface area contributed by atoms with Gasteiger partial charge in [0.2, 0.25) is 0 Å². The molecule has 7 heteroatoms. The molecule has 2 aromatic rings. The highest BCUT2D eigenvalue weighted by atomic mass is 79.9. The SMILES string of the molecule is O=[N+]([O-])c1ccc(Cl)c(CNc2cc(Br)ccc2F)c1. The molecule has 0 atom stereocenters. The molecule has 0 aliphatic rings. The van der Waals surface area contributed by atoms with Crippen molar-refractivity contribution in [2.24, 2.45) is 0 Å². The topological polar surface area (TPSA) is 55.2 Å². The first-order chi connectivity index (χ1) is 9.47. The number of nitrogens with zero attached hydrogens (tertiary/aromatic N) is 1. The van der Waals surface area contributed by atoms with Crippen LogP contribution in [0.2, 0.25) is 5.02 Å². The van der Waals surface area contributed by atoms with E-state index in [0.29, 0.717) is 16.3 Å². The number of non-ortho nitro benzene ring substituents is 1. The van der Waals surface area contributed by atoms with Gasteiger partial charge in [-0.05, 0) is 29.8 Å². The van der Waals surface area contributed by atoms with E-state index in [1.54, 1.807) is 12.1 Å². The number of nitro groups is 1. The maximum Gasteiger partial charge on any atom is 0.269 e. The number of benzene rings is 2. The Balaban J connectivity index is 2.20. The molecule has 1 N–H and O–H groups in total. The number of rotatable bonds is 4. The van der Waals surface area contributed by atoms with Crippen molar-refractivity contribution in [3.63, 3.8) is 0 Å². The lowest BCUT2D eigenvalue weighted by atomic mass is 10.2. The summed E-state index contributed by atoms with van der Waals surface area (Å²) in [4.78, 5) is 10.2. The maximum absolute atomic E-state index is 13.6. The van der Waals surface area contributed by atoms with E-state index in [9.17, 15) is 14.5 Å². The quantitative estimate of drug-likeness (QED) is 0.632. The van der Waals surface area contributed by atoms with Crippen LogP contribution in [-0.2, 0) is 6.54 Å². The van der Waals surface area contributed by atoms with Gasteiger partial charge in [0.1, 0.15) is 5.82 Å². The van der Waals surface area contributed by atoms with Crippen LogP contribution in [0.3, 0.4) is 0 Å². The maximum atomic E-state index is 13.6. The van der Waals surface area contributed by atoms with Crippen LogP contribution in [0, 0.1) is 15.9 Å². The van der Waals surface area contributed by atoms with Crippen molar-refractivity contribution in [2.75, 3.05) is 5.32 Å². The van der Waals surface area contributed by atoms with Gasteiger partial charge in [-0.1, -0.05) is 27.5 Å². The highest BCUT2D eigenvalue weighted by Crippen LogP contribution is 2.25. The predicted molar refractivity (Wildman–Crippen MR) is 79.5 cm³/mol. The zero-order valence-corrected chi connectivity index (χ0v) is 12.4. The van der Waals surface area contributed by atoms with E-state index in [4.69, 9.17) is 11.6 Å². The summed E-state index contributed by atoms with van der Waals surface area (Å²) in [5.41, 5.74) is 0.767. The third-order valence-electron chi connectivity index (χ3n) is 2.64. The molecule has 0 aliphatic heterocycles. The minimum absolute atomic E-state index is 0.0547. The molecule has 0 aromatic heterocycles.